The molecular weight excluding hydrogens is 548 g/mol. The molecule has 0 saturated carbocycles. The van der Waals surface area contributed by atoms with Crippen LogP contribution < -0.4 is 5.32 Å². The number of nitro benzene ring substituents is 1. The molecule has 0 radical (unpaired) electrons. The van der Waals surface area contributed by atoms with E-state index >= 15 is 0 Å². The molecule has 0 amide bonds. The molecule has 0 aliphatic heterocycles. The predicted molar refractivity (Wildman–Crippen MR) is 165 cm³/mol. The summed E-state index contributed by atoms with van der Waals surface area (Å²) in [6.45, 7) is 1.88. The first-order valence-corrected chi connectivity index (χ1v) is 14.1. The minimum atomic E-state index is -0.418. The van der Waals surface area contributed by atoms with E-state index in [-0.39, 0.29) is 11.5 Å². The number of ketones is 1. The van der Waals surface area contributed by atoms with Crippen LogP contribution in [0.2, 0.25) is 0 Å². The van der Waals surface area contributed by atoms with Gasteiger partial charge in [-0.2, -0.15) is 9.50 Å². The Kier molecular flexibility index (Phi) is 7.44. The number of aromatic nitrogens is 4. The lowest BCUT2D eigenvalue weighted by molar-refractivity contribution is -0.384. The van der Waals surface area contributed by atoms with Crippen LogP contribution in [-0.4, -0.2) is 30.3 Å². The lowest BCUT2D eigenvalue weighted by atomic mass is 10.1. The van der Waals surface area contributed by atoms with Crippen molar-refractivity contribution < 1.29 is 9.72 Å². The SMILES string of the molecule is Cc1cc(Nc2ccc(C(=O)/C=C/c3ccc4ccccc4c3)cc2)n2nc(SCc3ccc([N+](=O)[O-])cc3)nc2n1. The van der Waals surface area contributed by atoms with Gasteiger partial charge >= 0.3 is 0 Å². The van der Waals surface area contributed by atoms with E-state index in [2.05, 4.69) is 38.6 Å². The van der Waals surface area contributed by atoms with E-state index in [9.17, 15) is 14.9 Å². The van der Waals surface area contributed by atoms with Crippen molar-refractivity contribution in [3.63, 3.8) is 0 Å². The fourth-order valence-electron chi connectivity index (χ4n) is 4.43. The standard InChI is InChI=1S/C32H24N6O3S/c1-21-18-30(37-31(33-21)35-32(36-37)42-20-23-7-15-28(16-8-23)38(40)41)34-27-13-11-25(12-14-27)29(39)17-9-22-6-10-24-4-2-3-5-26(24)19-22/h2-19,34H,20H2,1H3/b17-9+. The van der Waals surface area contributed by atoms with E-state index in [1.807, 2.05) is 55.5 Å². The van der Waals surface area contributed by atoms with Crippen LogP contribution in [0.4, 0.5) is 17.2 Å². The van der Waals surface area contributed by atoms with Crippen molar-refractivity contribution in [2.75, 3.05) is 5.32 Å². The molecule has 0 fully saturated rings. The molecule has 0 saturated heterocycles. The van der Waals surface area contributed by atoms with Gasteiger partial charge in [0.15, 0.2) is 5.78 Å². The number of benzene rings is 4. The van der Waals surface area contributed by atoms with E-state index in [1.54, 1.807) is 34.9 Å². The highest BCUT2D eigenvalue weighted by molar-refractivity contribution is 7.98. The molecule has 206 valence electrons. The van der Waals surface area contributed by atoms with Gasteiger partial charge in [0.25, 0.3) is 11.5 Å². The van der Waals surface area contributed by atoms with E-state index in [0.29, 0.717) is 28.1 Å². The number of allylic oxidation sites excluding steroid dienone is 1. The average molecular weight is 573 g/mol. The number of anilines is 2. The molecule has 2 heterocycles. The van der Waals surface area contributed by atoms with Crippen molar-refractivity contribution in [1.29, 1.82) is 0 Å². The van der Waals surface area contributed by atoms with Crippen LogP contribution in [0.5, 0.6) is 0 Å². The summed E-state index contributed by atoms with van der Waals surface area (Å²) in [4.78, 5) is 32.3. The number of rotatable bonds is 9. The second-order valence-corrected chi connectivity index (χ2v) is 10.6. The number of carbonyl (C=O) groups is 1. The number of thioether (sulfide) groups is 1. The lowest BCUT2D eigenvalue weighted by Gasteiger charge is -2.09. The fourth-order valence-corrected chi connectivity index (χ4v) is 5.20. The molecular formula is C32H24N6O3S. The largest absolute Gasteiger partial charge is 0.340 e. The van der Waals surface area contributed by atoms with E-state index < -0.39 is 4.92 Å². The smallest absolute Gasteiger partial charge is 0.269 e. The van der Waals surface area contributed by atoms with Crippen molar-refractivity contribution in [3.05, 3.63) is 136 Å². The molecule has 6 aromatic rings. The number of non-ortho nitro benzene ring substituents is 1. The number of nitrogens with zero attached hydrogens (tertiary/aromatic N) is 5. The Morgan fingerprint density at radius 3 is 2.48 bits per heavy atom. The Labute approximate surface area is 245 Å². The Hall–Kier alpha value is -5.35. The molecule has 6 rings (SSSR count). The van der Waals surface area contributed by atoms with Crippen molar-refractivity contribution in [1.82, 2.24) is 19.6 Å². The maximum atomic E-state index is 12.8. The van der Waals surface area contributed by atoms with Crippen LogP contribution in [0.3, 0.4) is 0 Å². The number of aryl methyl sites for hydroxylation is 1. The Balaban J connectivity index is 1.14. The Morgan fingerprint density at radius 2 is 1.71 bits per heavy atom. The molecule has 2 aromatic heterocycles. The van der Waals surface area contributed by atoms with Gasteiger partial charge in [0.2, 0.25) is 5.16 Å². The first kappa shape index (κ1) is 26.9. The summed E-state index contributed by atoms with van der Waals surface area (Å²) >= 11 is 1.42. The first-order valence-electron chi connectivity index (χ1n) is 13.1. The molecule has 0 unspecified atom stereocenters. The van der Waals surface area contributed by atoms with Gasteiger partial charge in [0.1, 0.15) is 5.82 Å². The molecule has 0 aliphatic rings. The van der Waals surface area contributed by atoms with E-state index in [1.165, 1.54) is 23.9 Å². The summed E-state index contributed by atoms with van der Waals surface area (Å²) in [5, 5.41) is 21.7. The third-order valence-corrected chi connectivity index (χ3v) is 7.49. The van der Waals surface area contributed by atoms with Crippen LogP contribution >= 0.6 is 11.8 Å². The maximum Gasteiger partial charge on any atom is 0.269 e. The molecule has 4 aromatic carbocycles. The van der Waals surface area contributed by atoms with Crippen molar-refractivity contribution >= 4 is 57.4 Å². The fraction of sp³-hybridized carbons (Fsp3) is 0.0625. The Bertz CT molecular complexity index is 1970. The zero-order valence-electron chi connectivity index (χ0n) is 22.5. The molecule has 0 aliphatic carbocycles. The minimum Gasteiger partial charge on any atom is -0.340 e. The average Bonchev–Trinajstić information content (AvgIpc) is 3.42. The Morgan fingerprint density at radius 1 is 0.952 bits per heavy atom. The normalized spacial score (nSPS) is 11.4. The van der Waals surface area contributed by atoms with Crippen LogP contribution in [0.15, 0.2) is 108 Å². The van der Waals surface area contributed by atoms with Gasteiger partial charge in [-0.1, -0.05) is 66.4 Å². The number of carbonyl (C=O) groups excluding carboxylic acids is 1. The highest BCUT2D eigenvalue weighted by Crippen LogP contribution is 2.25. The summed E-state index contributed by atoms with van der Waals surface area (Å²) in [6, 6.07) is 29.8. The van der Waals surface area contributed by atoms with Gasteiger partial charge in [-0.15, -0.1) is 5.10 Å². The zero-order valence-corrected chi connectivity index (χ0v) is 23.3. The summed E-state index contributed by atoms with van der Waals surface area (Å²) in [5.41, 5.74) is 4.09. The third kappa shape index (κ3) is 6.03. The highest BCUT2D eigenvalue weighted by atomic mass is 32.2. The number of fused-ring (bicyclic) bond motifs is 2. The summed E-state index contributed by atoms with van der Waals surface area (Å²) in [7, 11) is 0. The monoisotopic (exact) mass is 572 g/mol. The highest BCUT2D eigenvalue weighted by Gasteiger charge is 2.12. The van der Waals surface area contributed by atoms with Gasteiger partial charge < -0.3 is 5.32 Å². The van der Waals surface area contributed by atoms with Crippen LogP contribution in [0.1, 0.15) is 27.2 Å². The topological polar surface area (TPSA) is 115 Å². The molecule has 42 heavy (non-hydrogen) atoms. The quantitative estimate of drug-likeness (QED) is 0.0625. The van der Waals surface area contributed by atoms with Gasteiger partial charge in [-0.05, 0) is 65.2 Å². The molecule has 9 nitrogen and oxygen atoms in total. The summed E-state index contributed by atoms with van der Waals surface area (Å²) in [5.74, 6) is 1.61. The van der Waals surface area contributed by atoms with E-state index in [4.69, 9.17) is 0 Å². The van der Waals surface area contributed by atoms with Gasteiger partial charge in [0, 0.05) is 40.9 Å². The summed E-state index contributed by atoms with van der Waals surface area (Å²) < 4.78 is 1.64. The van der Waals surface area contributed by atoms with Crippen molar-refractivity contribution in [2.24, 2.45) is 0 Å². The van der Waals surface area contributed by atoms with Crippen LogP contribution in [0.25, 0.3) is 22.6 Å². The number of nitro groups is 1. The maximum absolute atomic E-state index is 12.8. The van der Waals surface area contributed by atoms with Crippen LogP contribution in [-0.2, 0) is 5.75 Å². The molecule has 0 atom stereocenters. The van der Waals surface area contributed by atoms with Gasteiger partial charge in [0.05, 0.1) is 4.92 Å². The van der Waals surface area contributed by atoms with Gasteiger partial charge in [-0.25, -0.2) is 4.98 Å². The lowest BCUT2D eigenvalue weighted by Crippen LogP contribution is -2.03. The second-order valence-electron chi connectivity index (χ2n) is 9.61. The molecule has 0 bridgehead atoms. The zero-order chi connectivity index (χ0) is 29.1. The van der Waals surface area contributed by atoms with Crippen molar-refractivity contribution in [2.45, 2.75) is 17.8 Å². The third-order valence-electron chi connectivity index (χ3n) is 6.58. The van der Waals surface area contributed by atoms with E-state index in [0.717, 1.165) is 33.3 Å². The first-order chi connectivity index (χ1) is 20.4. The number of hydrogen-bond acceptors (Lipinski definition) is 8. The molecule has 1 N–H and O–H groups in total. The van der Waals surface area contributed by atoms with Crippen LogP contribution in [0, 0.1) is 17.0 Å². The van der Waals surface area contributed by atoms with Crippen molar-refractivity contribution in [3.8, 4) is 0 Å². The number of hydrogen-bond donors (Lipinski definition) is 1. The minimum absolute atomic E-state index is 0.0554. The molecule has 0 spiro atoms. The van der Waals surface area contributed by atoms with Gasteiger partial charge in [-0.3, -0.25) is 14.9 Å². The predicted octanol–water partition coefficient (Wildman–Crippen LogP) is 7.43. The second kappa shape index (κ2) is 11.6. The molecule has 10 heteroatoms. The number of nitrogens with one attached hydrogen (secondary N) is 1. The summed E-state index contributed by atoms with van der Waals surface area (Å²) in [6.07, 6.45) is 3.42.